The highest BCUT2D eigenvalue weighted by Crippen LogP contribution is 2.30. The van der Waals surface area contributed by atoms with Crippen LogP contribution in [-0.4, -0.2) is 16.8 Å². The van der Waals surface area contributed by atoms with E-state index in [1.54, 1.807) is 0 Å². The Kier molecular flexibility index (Phi) is 4.82. The molecule has 6 heteroatoms. The van der Waals surface area contributed by atoms with Crippen LogP contribution in [0.5, 0.6) is 5.75 Å². The van der Waals surface area contributed by atoms with Crippen LogP contribution in [-0.2, 0) is 5.88 Å². The highest BCUT2D eigenvalue weighted by molar-refractivity contribution is 9.10. The molecule has 1 aromatic heterocycles. The molecule has 0 fully saturated rings. The number of halogens is 2. The predicted molar refractivity (Wildman–Crippen MR) is 77.3 cm³/mol. The first-order valence-electron chi connectivity index (χ1n) is 5.91. The average molecular weight is 346 g/mol. The van der Waals surface area contributed by atoms with Crippen LogP contribution in [0, 0.1) is 5.92 Å². The smallest absolute Gasteiger partial charge is 0.247 e. The maximum Gasteiger partial charge on any atom is 0.247 e. The molecule has 0 saturated carbocycles. The van der Waals surface area contributed by atoms with Gasteiger partial charge in [-0.1, -0.05) is 13.8 Å². The van der Waals surface area contributed by atoms with Crippen LogP contribution in [0.3, 0.4) is 0 Å². The van der Waals surface area contributed by atoms with E-state index in [4.69, 9.17) is 20.8 Å². The van der Waals surface area contributed by atoms with Gasteiger partial charge in [0, 0.05) is 5.56 Å². The zero-order chi connectivity index (χ0) is 13.8. The van der Waals surface area contributed by atoms with Gasteiger partial charge in [-0.25, -0.2) is 0 Å². The first kappa shape index (κ1) is 14.3. The molecule has 0 spiro atoms. The molecule has 1 aromatic carbocycles. The number of rotatable bonds is 5. The molecule has 0 N–H and O–H groups in total. The Hall–Kier alpha value is -1.07. The van der Waals surface area contributed by atoms with Crippen molar-refractivity contribution < 1.29 is 9.15 Å². The van der Waals surface area contributed by atoms with E-state index in [0.29, 0.717) is 24.3 Å². The molecule has 4 nitrogen and oxygen atoms in total. The standard InChI is InChI=1S/C13H14BrClN2O2/c1-8(2)7-18-11-4-3-9(5-10(11)14)13-17-16-12(6-15)19-13/h3-5,8H,6-7H2,1-2H3. The van der Waals surface area contributed by atoms with E-state index in [0.717, 1.165) is 15.8 Å². The summed E-state index contributed by atoms with van der Waals surface area (Å²) in [6, 6.07) is 5.65. The summed E-state index contributed by atoms with van der Waals surface area (Å²) in [6.45, 7) is 4.89. The number of benzene rings is 1. The van der Waals surface area contributed by atoms with Gasteiger partial charge in [0.2, 0.25) is 11.8 Å². The number of aromatic nitrogens is 2. The van der Waals surface area contributed by atoms with Crippen LogP contribution < -0.4 is 4.74 Å². The fraction of sp³-hybridized carbons (Fsp3) is 0.385. The third-order valence-corrected chi connectivity index (χ3v) is 3.18. The Morgan fingerprint density at radius 3 is 2.74 bits per heavy atom. The first-order valence-corrected chi connectivity index (χ1v) is 7.24. The van der Waals surface area contributed by atoms with Gasteiger partial charge in [-0.3, -0.25) is 0 Å². The second kappa shape index (κ2) is 6.39. The number of hydrogen-bond donors (Lipinski definition) is 0. The second-order valence-corrected chi connectivity index (χ2v) is 5.61. The van der Waals surface area contributed by atoms with Gasteiger partial charge >= 0.3 is 0 Å². The van der Waals surface area contributed by atoms with Gasteiger partial charge in [0.05, 0.1) is 11.1 Å². The van der Waals surface area contributed by atoms with Gasteiger partial charge in [0.25, 0.3) is 0 Å². The minimum Gasteiger partial charge on any atom is -0.492 e. The Morgan fingerprint density at radius 2 is 2.16 bits per heavy atom. The highest BCUT2D eigenvalue weighted by atomic mass is 79.9. The number of hydrogen-bond acceptors (Lipinski definition) is 4. The van der Waals surface area contributed by atoms with Gasteiger partial charge in [0.15, 0.2) is 0 Å². The molecule has 1 heterocycles. The van der Waals surface area contributed by atoms with Gasteiger partial charge in [-0.05, 0) is 40.0 Å². The van der Waals surface area contributed by atoms with Crippen molar-refractivity contribution in [2.75, 3.05) is 6.61 Å². The molecule has 19 heavy (non-hydrogen) atoms. The molecular weight excluding hydrogens is 332 g/mol. The Bertz CT molecular complexity index is 557. The first-order chi connectivity index (χ1) is 9.10. The lowest BCUT2D eigenvalue weighted by Crippen LogP contribution is -2.04. The summed E-state index contributed by atoms with van der Waals surface area (Å²) in [5, 5.41) is 7.77. The minimum atomic E-state index is 0.212. The van der Waals surface area contributed by atoms with Crippen LogP contribution in [0.4, 0.5) is 0 Å². The Labute approximate surface area is 125 Å². The van der Waals surface area contributed by atoms with E-state index in [-0.39, 0.29) is 5.88 Å². The lowest BCUT2D eigenvalue weighted by molar-refractivity contribution is 0.269. The Balaban J connectivity index is 2.18. The van der Waals surface area contributed by atoms with Crippen molar-refractivity contribution in [3.05, 3.63) is 28.6 Å². The molecule has 0 aliphatic rings. The molecule has 102 valence electrons. The predicted octanol–water partition coefficient (Wildman–Crippen LogP) is 4.27. The molecule has 0 bridgehead atoms. The number of ether oxygens (including phenoxy) is 1. The van der Waals surface area contributed by atoms with Crippen molar-refractivity contribution in [2.24, 2.45) is 5.92 Å². The lowest BCUT2D eigenvalue weighted by Gasteiger charge is -2.10. The molecule has 0 amide bonds. The van der Waals surface area contributed by atoms with Crippen LogP contribution in [0.2, 0.25) is 0 Å². The van der Waals surface area contributed by atoms with E-state index < -0.39 is 0 Å². The summed E-state index contributed by atoms with van der Waals surface area (Å²) in [6.07, 6.45) is 0. The number of alkyl halides is 1. The molecular formula is C13H14BrClN2O2. The lowest BCUT2D eigenvalue weighted by atomic mass is 10.2. The minimum absolute atomic E-state index is 0.212. The van der Waals surface area contributed by atoms with Gasteiger partial charge < -0.3 is 9.15 Å². The fourth-order valence-corrected chi connectivity index (χ4v) is 2.03. The van der Waals surface area contributed by atoms with E-state index in [2.05, 4.69) is 40.0 Å². The Morgan fingerprint density at radius 1 is 1.37 bits per heavy atom. The maximum absolute atomic E-state index is 5.68. The zero-order valence-corrected chi connectivity index (χ0v) is 13.0. The van der Waals surface area contributed by atoms with Crippen molar-refractivity contribution in [3.63, 3.8) is 0 Å². The molecule has 0 atom stereocenters. The second-order valence-electron chi connectivity index (χ2n) is 4.48. The summed E-state index contributed by atoms with van der Waals surface area (Å²) in [7, 11) is 0. The third kappa shape index (κ3) is 3.70. The van der Waals surface area contributed by atoms with Crippen LogP contribution in [0.1, 0.15) is 19.7 Å². The van der Waals surface area contributed by atoms with Crippen LogP contribution >= 0.6 is 27.5 Å². The van der Waals surface area contributed by atoms with Gasteiger partial charge in [-0.2, -0.15) is 0 Å². The van der Waals surface area contributed by atoms with Crippen molar-refractivity contribution in [3.8, 4) is 17.2 Å². The molecule has 0 aliphatic heterocycles. The molecule has 0 radical (unpaired) electrons. The zero-order valence-electron chi connectivity index (χ0n) is 10.7. The van der Waals surface area contributed by atoms with Gasteiger partial charge in [0.1, 0.15) is 11.6 Å². The van der Waals surface area contributed by atoms with Crippen molar-refractivity contribution in [2.45, 2.75) is 19.7 Å². The summed E-state index contributed by atoms with van der Waals surface area (Å²) in [4.78, 5) is 0. The third-order valence-electron chi connectivity index (χ3n) is 2.33. The quantitative estimate of drug-likeness (QED) is 0.759. The normalized spacial score (nSPS) is 11.0. The molecule has 0 unspecified atom stereocenters. The largest absolute Gasteiger partial charge is 0.492 e. The summed E-state index contributed by atoms with van der Waals surface area (Å²) in [5.41, 5.74) is 0.827. The average Bonchev–Trinajstić information content (AvgIpc) is 2.85. The summed E-state index contributed by atoms with van der Waals surface area (Å²) >= 11 is 9.11. The summed E-state index contributed by atoms with van der Waals surface area (Å²) in [5.74, 6) is 2.35. The highest BCUT2D eigenvalue weighted by Gasteiger charge is 2.10. The molecule has 0 saturated heterocycles. The van der Waals surface area contributed by atoms with Crippen molar-refractivity contribution >= 4 is 27.5 Å². The van der Waals surface area contributed by atoms with Gasteiger partial charge in [-0.15, -0.1) is 21.8 Å². The van der Waals surface area contributed by atoms with Crippen LogP contribution in [0.25, 0.3) is 11.5 Å². The summed E-state index contributed by atoms with van der Waals surface area (Å²) < 4.78 is 11.9. The maximum atomic E-state index is 5.68. The van der Waals surface area contributed by atoms with E-state index >= 15 is 0 Å². The molecule has 2 aromatic rings. The van der Waals surface area contributed by atoms with E-state index in [9.17, 15) is 0 Å². The SMILES string of the molecule is CC(C)COc1ccc(-c2nnc(CCl)o2)cc1Br. The monoisotopic (exact) mass is 344 g/mol. The van der Waals surface area contributed by atoms with Crippen molar-refractivity contribution in [1.29, 1.82) is 0 Å². The molecule has 0 aliphatic carbocycles. The van der Waals surface area contributed by atoms with E-state index in [1.807, 2.05) is 18.2 Å². The van der Waals surface area contributed by atoms with Crippen molar-refractivity contribution in [1.82, 2.24) is 10.2 Å². The fourth-order valence-electron chi connectivity index (χ4n) is 1.43. The number of nitrogens with zero attached hydrogens (tertiary/aromatic N) is 2. The van der Waals surface area contributed by atoms with Crippen LogP contribution in [0.15, 0.2) is 27.1 Å². The van der Waals surface area contributed by atoms with E-state index in [1.165, 1.54) is 0 Å². The molecule has 2 rings (SSSR count). The topological polar surface area (TPSA) is 48.2 Å².